The predicted molar refractivity (Wildman–Crippen MR) is 71.5 cm³/mol. The summed E-state index contributed by atoms with van der Waals surface area (Å²) in [7, 11) is 0. The summed E-state index contributed by atoms with van der Waals surface area (Å²) in [4.78, 5) is 15.6. The number of carbonyl (C=O) groups excluding carboxylic acids is 1. The molecular formula is C15H18NO2-. The summed E-state index contributed by atoms with van der Waals surface area (Å²) in [5.74, 6) is -1.13. The fourth-order valence-corrected chi connectivity index (χ4v) is 1.62. The number of hydrogen-bond acceptors (Lipinski definition) is 3. The lowest BCUT2D eigenvalue weighted by Gasteiger charge is -2.28. The van der Waals surface area contributed by atoms with Crippen LogP contribution >= 0.6 is 0 Å². The highest BCUT2D eigenvalue weighted by Gasteiger charge is 2.26. The van der Waals surface area contributed by atoms with Gasteiger partial charge in [-0.2, -0.15) is 0 Å². The highest BCUT2D eigenvalue weighted by Crippen LogP contribution is 2.21. The zero-order valence-corrected chi connectivity index (χ0v) is 10.8. The first-order valence-electron chi connectivity index (χ1n) is 6.07. The van der Waals surface area contributed by atoms with E-state index in [4.69, 9.17) is 0 Å². The first-order chi connectivity index (χ1) is 8.64. The van der Waals surface area contributed by atoms with Crippen LogP contribution in [-0.4, -0.2) is 17.7 Å². The Morgan fingerprint density at radius 3 is 2.56 bits per heavy atom. The molecule has 96 valence electrons. The molecular weight excluding hydrogens is 226 g/mol. The van der Waals surface area contributed by atoms with Gasteiger partial charge in [-0.05, 0) is 25.3 Å². The number of carboxylic acid groups (broad SMARTS) is 1. The predicted octanol–water partition coefficient (Wildman–Crippen LogP) is 1.97. The third kappa shape index (κ3) is 3.55. The van der Waals surface area contributed by atoms with E-state index in [1.54, 1.807) is 6.21 Å². The zero-order chi connectivity index (χ0) is 13.4. The van der Waals surface area contributed by atoms with Crippen LogP contribution in [0.25, 0.3) is 0 Å². The molecule has 1 aromatic carbocycles. The van der Waals surface area contributed by atoms with Gasteiger partial charge >= 0.3 is 0 Å². The number of aliphatic imine (C=N–C) groups is 1. The first kappa shape index (κ1) is 14.2. The van der Waals surface area contributed by atoms with Crippen molar-refractivity contribution in [3.63, 3.8) is 0 Å². The van der Waals surface area contributed by atoms with Gasteiger partial charge in [-0.1, -0.05) is 49.4 Å². The van der Waals surface area contributed by atoms with Gasteiger partial charge in [0.15, 0.2) is 0 Å². The number of carboxylic acids is 1. The lowest BCUT2D eigenvalue weighted by atomic mass is 9.92. The first-order valence-corrected chi connectivity index (χ1v) is 6.07. The van der Waals surface area contributed by atoms with Crippen molar-refractivity contribution in [2.24, 2.45) is 4.99 Å². The Labute approximate surface area is 108 Å². The summed E-state index contributed by atoms with van der Waals surface area (Å²) in [6.07, 6.45) is 5.99. The van der Waals surface area contributed by atoms with Crippen molar-refractivity contribution in [2.45, 2.75) is 32.2 Å². The second-order valence-corrected chi connectivity index (χ2v) is 4.11. The van der Waals surface area contributed by atoms with Crippen LogP contribution in [0.4, 0.5) is 0 Å². The lowest BCUT2D eigenvalue weighted by molar-refractivity contribution is -0.313. The van der Waals surface area contributed by atoms with Crippen molar-refractivity contribution in [2.75, 3.05) is 0 Å². The van der Waals surface area contributed by atoms with Gasteiger partial charge in [0.25, 0.3) is 0 Å². The molecule has 0 radical (unpaired) electrons. The quantitative estimate of drug-likeness (QED) is 0.567. The molecule has 1 aromatic rings. The number of nitrogens with zero attached hydrogens (tertiary/aromatic N) is 1. The third-order valence-electron chi connectivity index (χ3n) is 2.92. The van der Waals surface area contributed by atoms with E-state index >= 15 is 0 Å². The Morgan fingerprint density at radius 1 is 1.39 bits per heavy atom. The molecule has 0 saturated heterocycles. The minimum atomic E-state index is -1.16. The van der Waals surface area contributed by atoms with Gasteiger partial charge in [0.1, 0.15) is 5.54 Å². The Hall–Kier alpha value is -1.90. The lowest BCUT2D eigenvalue weighted by Crippen LogP contribution is -2.46. The average molecular weight is 244 g/mol. The molecule has 1 atom stereocenters. The van der Waals surface area contributed by atoms with E-state index in [9.17, 15) is 9.90 Å². The molecule has 0 heterocycles. The van der Waals surface area contributed by atoms with Crippen molar-refractivity contribution in [1.82, 2.24) is 0 Å². The third-order valence-corrected chi connectivity index (χ3v) is 2.92. The van der Waals surface area contributed by atoms with E-state index in [-0.39, 0.29) is 0 Å². The largest absolute Gasteiger partial charge is 0.547 e. The standard InChI is InChI=1S/C15H19NO2/c1-3-5-11-15(4-2,14(17)18)16-12-13-9-7-6-8-10-13/h3,5-10,12H,4,11H2,1-2H3,(H,17,18)/p-1/b5-3+,16-12?. The molecule has 0 amide bonds. The Bertz CT molecular complexity index is 437. The molecule has 18 heavy (non-hydrogen) atoms. The maximum atomic E-state index is 11.3. The van der Waals surface area contributed by atoms with Crippen LogP contribution < -0.4 is 5.11 Å². The maximum absolute atomic E-state index is 11.3. The van der Waals surface area contributed by atoms with E-state index in [1.807, 2.05) is 56.3 Å². The molecule has 3 nitrogen and oxygen atoms in total. The van der Waals surface area contributed by atoms with Crippen LogP contribution in [-0.2, 0) is 4.79 Å². The second-order valence-electron chi connectivity index (χ2n) is 4.11. The number of aliphatic carboxylic acids is 1. The van der Waals surface area contributed by atoms with E-state index in [0.717, 1.165) is 5.56 Å². The summed E-state index contributed by atoms with van der Waals surface area (Å²) < 4.78 is 0. The average Bonchev–Trinajstić information content (AvgIpc) is 2.40. The maximum Gasteiger partial charge on any atom is 0.103 e. The number of hydrogen-bond donors (Lipinski definition) is 0. The van der Waals surface area contributed by atoms with Crippen LogP contribution in [0, 0.1) is 0 Å². The van der Waals surface area contributed by atoms with Gasteiger partial charge in [-0.15, -0.1) is 0 Å². The van der Waals surface area contributed by atoms with Gasteiger partial charge in [-0.25, -0.2) is 0 Å². The molecule has 1 rings (SSSR count). The Morgan fingerprint density at radius 2 is 2.06 bits per heavy atom. The second kappa shape index (κ2) is 6.74. The smallest absolute Gasteiger partial charge is 0.103 e. The fourth-order valence-electron chi connectivity index (χ4n) is 1.62. The van der Waals surface area contributed by atoms with Gasteiger partial charge in [0.2, 0.25) is 0 Å². The molecule has 0 aliphatic carbocycles. The van der Waals surface area contributed by atoms with E-state index < -0.39 is 11.5 Å². The van der Waals surface area contributed by atoms with Crippen LogP contribution in [0.15, 0.2) is 47.5 Å². The van der Waals surface area contributed by atoms with Gasteiger partial charge in [0.05, 0.1) is 5.97 Å². The van der Waals surface area contributed by atoms with Crippen LogP contribution in [0.3, 0.4) is 0 Å². The van der Waals surface area contributed by atoms with Crippen LogP contribution in [0.5, 0.6) is 0 Å². The summed E-state index contributed by atoms with van der Waals surface area (Å²) in [6, 6.07) is 9.45. The zero-order valence-electron chi connectivity index (χ0n) is 10.8. The van der Waals surface area contributed by atoms with Crippen molar-refractivity contribution in [1.29, 1.82) is 0 Å². The highest BCUT2D eigenvalue weighted by atomic mass is 16.4. The molecule has 0 aromatic heterocycles. The topological polar surface area (TPSA) is 52.5 Å². The molecule has 0 saturated carbocycles. The highest BCUT2D eigenvalue weighted by molar-refractivity contribution is 5.85. The van der Waals surface area contributed by atoms with Crippen molar-refractivity contribution >= 4 is 12.2 Å². The van der Waals surface area contributed by atoms with Crippen molar-refractivity contribution < 1.29 is 9.90 Å². The van der Waals surface area contributed by atoms with Crippen molar-refractivity contribution in [3.05, 3.63) is 48.0 Å². The van der Waals surface area contributed by atoms with Gasteiger partial charge < -0.3 is 9.90 Å². The molecule has 0 bridgehead atoms. The van der Waals surface area contributed by atoms with Gasteiger partial charge in [0, 0.05) is 6.21 Å². The minimum Gasteiger partial charge on any atom is -0.547 e. The van der Waals surface area contributed by atoms with Crippen molar-refractivity contribution in [3.8, 4) is 0 Å². The SMILES string of the molecule is C/C=C/CC(CC)(N=Cc1ccccc1)C(=O)[O-]. The summed E-state index contributed by atoms with van der Waals surface area (Å²) in [6.45, 7) is 3.66. The number of carbonyl (C=O) groups is 1. The van der Waals surface area contributed by atoms with Gasteiger partial charge in [-0.3, -0.25) is 4.99 Å². The molecule has 0 aliphatic rings. The van der Waals surface area contributed by atoms with Crippen LogP contribution in [0.2, 0.25) is 0 Å². The molecule has 0 fully saturated rings. The molecule has 0 spiro atoms. The number of rotatable bonds is 6. The molecule has 1 unspecified atom stereocenters. The summed E-state index contributed by atoms with van der Waals surface area (Å²) >= 11 is 0. The number of allylic oxidation sites excluding steroid dienone is 1. The molecule has 0 aliphatic heterocycles. The molecule has 0 N–H and O–H groups in total. The molecule has 3 heteroatoms. The monoisotopic (exact) mass is 244 g/mol. The van der Waals surface area contributed by atoms with E-state index in [2.05, 4.69) is 4.99 Å². The van der Waals surface area contributed by atoms with E-state index in [0.29, 0.717) is 12.8 Å². The number of benzene rings is 1. The fraction of sp³-hybridized carbons (Fsp3) is 0.333. The van der Waals surface area contributed by atoms with Crippen LogP contribution in [0.1, 0.15) is 32.3 Å². The Kier molecular flexibility index (Phi) is 5.31. The summed E-state index contributed by atoms with van der Waals surface area (Å²) in [5.41, 5.74) is -0.278. The normalized spacial score (nSPS) is 15.0. The van der Waals surface area contributed by atoms with E-state index in [1.165, 1.54) is 0 Å². The minimum absolute atomic E-state index is 0.353. The Balaban J connectivity index is 2.97. The summed E-state index contributed by atoms with van der Waals surface area (Å²) in [5, 5.41) is 11.3.